The number of methoxy groups -OCH3 is 1. The maximum absolute atomic E-state index is 12.8. The summed E-state index contributed by atoms with van der Waals surface area (Å²) in [7, 11) is 1.64. The van der Waals surface area contributed by atoms with Crippen molar-refractivity contribution in [1.82, 2.24) is 20.4 Å². The van der Waals surface area contributed by atoms with Crippen LogP contribution < -0.4 is 15.0 Å². The summed E-state index contributed by atoms with van der Waals surface area (Å²) in [6, 6.07) is 9.34. The average molecular weight is 456 g/mol. The molecule has 1 N–H and O–H groups in total. The van der Waals surface area contributed by atoms with Crippen molar-refractivity contribution < 1.29 is 14.1 Å². The van der Waals surface area contributed by atoms with Gasteiger partial charge in [0.05, 0.1) is 13.0 Å². The molecular formula is C25H37N5O3. The summed E-state index contributed by atoms with van der Waals surface area (Å²) in [5.41, 5.74) is 0.870. The monoisotopic (exact) mass is 455 g/mol. The van der Waals surface area contributed by atoms with Gasteiger partial charge < -0.3 is 19.5 Å². The Balaban J connectivity index is 1.26. The van der Waals surface area contributed by atoms with Crippen LogP contribution in [0.5, 0.6) is 5.75 Å². The van der Waals surface area contributed by atoms with Gasteiger partial charge in [0.25, 0.3) is 0 Å². The molecule has 2 fully saturated rings. The van der Waals surface area contributed by atoms with Gasteiger partial charge in [-0.05, 0) is 70.2 Å². The molecule has 3 atom stereocenters. The molecule has 1 aromatic carbocycles. The molecule has 2 aliphatic rings. The number of nitrogens with one attached hydrogen (secondary N) is 1. The Kier molecular flexibility index (Phi) is 7.85. The van der Waals surface area contributed by atoms with Crippen LogP contribution in [0.1, 0.15) is 52.4 Å². The number of benzene rings is 1. The zero-order chi connectivity index (χ0) is 23.2. The Labute approximate surface area is 196 Å². The van der Waals surface area contributed by atoms with Crippen LogP contribution in [0.15, 0.2) is 28.8 Å². The molecule has 2 aromatic rings. The molecule has 0 aliphatic carbocycles. The van der Waals surface area contributed by atoms with Gasteiger partial charge in [-0.3, -0.25) is 9.69 Å². The Morgan fingerprint density at radius 1 is 1.15 bits per heavy atom. The number of ether oxygens (including phenoxy) is 1. The third-order valence-electron chi connectivity index (χ3n) is 7.09. The van der Waals surface area contributed by atoms with Crippen LogP contribution in [-0.2, 0) is 4.79 Å². The molecule has 0 spiro atoms. The van der Waals surface area contributed by atoms with Gasteiger partial charge in [0.1, 0.15) is 5.75 Å². The van der Waals surface area contributed by atoms with Crippen LogP contribution in [0.25, 0.3) is 11.4 Å². The number of carbonyl (C=O) groups excluding carboxylic acids is 1. The maximum Gasteiger partial charge on any atom is 0.324 e. The largest absolute Gasteiger partial charge is 0.497 e. The lowest BCUT2D eigenvalue weighted by Gasteiger charge is -2.39. The predicted molar refractivity (Wildman–Crippen MR) is 128 cm³/mol. The van der Waals surface area contributed by atoms with Crippen molar-refractivity contribution in [2.45, 2.75) is 64.5 Å². The minimum Gasteiger partial charge on any atom is -0.497 e. The van der Waals surface area contributed by atoms with E-state index in [2.05, 4.69) is 34.2 Å². The summed E-state index contributed by atoms with van der Waals surface area (Å²) in [4.78, 5) is 22.0. The predicted octanol–water partition coefficient (Wildman–Crippen LogP) is 3.73. The highest BCUT2D eigenvalue weighted by molar-refractivity contribution is 5.79. The van der Waals surface area contributed by atoms with E-state index in [1.165, 1.54) is 19.3 Å². The van der Waals surface area contributed by atoms with Crippen LogP contribution in [0.3, 0.4) is 0 Å². The molecule has 4 rings (SSSR count). The van der Waals surface area contributed by atoms with E-state index in [0.29, 0.717) is 30.5 Å². The fourth-order valence-corrected chi connectivity index (χ4v) is 5.10. The summed E-state index contributed by atoms with van der Waals surface area (Å²) in [5, 5.41) is 7.30. The van der Waals surface area contributed by atoms with Crippen molar-refractivity contribution in [3.8, 4) is 17.1 Å². The van der Waals surface area contributed by atoms with Gasteiger partial charge in [-0.25, -0.2) is 0 Å². The van der Waals surface area contributed by atoms with Gasteiger partial charge in [0.15, 0.2) is 0 Å². The molecule has 33 heavy (non-hydrogen) atoms. The fourth-order valence-electron chi connectivity index (χ4n) is 5.10. The first-order valence-electron chi connectivity index (χ1n) is 12.3. The molecule has 2 saturated heterocycles. The number of amides is 1. The molecule has 8 nitrogen and oxygen atoms in total. The number of piperidine rings is 2. The van der Waals surface area contributed by atoms with Crippen molar-refractivity contribution in [1.29, 1.82) is 0 Å². The third kappa shape index (κ3) is 5.85. The zero-order valence-corrected chi connectivity index (χ0v) is 20.1. The minimum absolute atomic E-state index is 0.0529. The van der Waals surface area contributed by atoms with E-state index in [4.69, 9.17) is 9.26 Å². The molecule has 2 aliphatic heterocycles. The van der Waals surface area contributed by atoms with Crippen LogP contribution in [0, 0.1) is 5.92 Å². The van der Waals surface area contributed by atoms with Gasteiger partial charge >= 0.3 is 6.01 Å². The van der Waals surface area contributed by atoms with Crippen molar-refractivity contribution in [2.24, 2.45) is 5.92 Å². The van der Waals surface area contributed by atoms with E-state index in [9.17, 15) is 4.79 Å². The molecule has 1 aromatic heterocycles. The lowest BCUT2D eigenvalue weighted by Crippen LogP contribution is -2.46. The number of anilines is 1. The quantitative estimate of drug-likeness (QED) is 0.607. The van der Waals surface area contributed by atoms with Crippen LogP contribution in [0.4, 0.5) is 6.01 Å². The smallest absolute Gasteiger partial charge is 0.324 e. The van der Waals surface area contributed by atoms with E-state index in [1.54, 1.807) is 7.11 Å². The normalized spacial score (nSPS) is 24.0. The van der Waals surface area contributed by atoms with Gasteiger partial charge in [-0.15, -0.1) is 0 Å². The lowest BCUT2D eigenvalue weighted by molar-refractivity contribution is -0.125. The fraction of sp³-hybridized carbons (Fsp3) is 0.640. The molecule has 0 unspecified atom stereocenters. The number of rotatable bonds is 8. The molecule has 0 radical (unpaired) electrons. The third-order valence-corrected chi connectivity index (χ3v) is 7.09. The van der Waals surface area contributed by atoms with E-state index >= 15 is 0 Å². The molecular weight excluding hydrogens is 418 g/mol. The Hall–Kier alpha value is -2.61. The lowest BCUT2D eigenvalue weighted by atomic mass is 9.97. The highest BCUT2D eigenvalue weighted by Crippen LogP contribution is 2.26. The highest BCUT2D eigenvalue weighted by atomic mass is 16.5. The van der Waals surface area contributed by atoms with Crippen LogP contribution >= 0.6 is 0 Å². The summed E-state index contributed by atoms with van der Waals surface area (Å²) in [6.07, 6.45) is 6.71. The highest BCUT2D eigenvalue weighted by Gasteiger charge is 2.29. The number of likely N-dealkylation sites (tertiary alicyclic amines) is 1. The van der Waals surface area contributed by atoms with E-state index < -0.39 is 0 Å². The number of carbonyl (C=O) groups is 1. The van der Waals surface area contributed by atoms with Crippen molar-refractivity contribution in [3.05, 3.63) is 24.3 Å². The second kappa shape index (κ2) is 11.0. The molecule has 3 heterocycles. The maximum atomic E-state index is 12.8. The number of nitrogens with zero attached hydrogens (tertiary/aromatic N) is 4. The Bertz CT molecular complexity index is 890. The molecule has 8 heteroatoms. The first-order valence-corrected chi connectivity index (χ1v) is 12.3. The number of hydrogen-bond donors (Lipinski definition) is 1. The van der Waals surface area contributed by atoms with Gasteiger partial charge in [0.2, 0.25) is 11.7 Å². The van der Waals surface area contributed by atoms with Gasteiger partial charge in [-0.2, -0.15) is 4.98 Å². The summed E-state index contributed by atoms with van der Waals surface area (Å²) >= 11 is 0. The molecule has 180 valence electrons. The van der Waals surface area contributed by atoms with E-state index in [0.717, 1.165) is 50.2 Å². The minimum atomic E-state index is -0.0529. The summed E-state index contributed by atoms with van der Waals surface area (Å²) < 4.78 is 10.7. The molecule has 0 saturated carbocycles. The topological polar surface area (TPSA) is 83.7 Å². The van der Waals surface area contributed by atoms with Crippen molar-refractivity contribution >= 4 is 11.9 Å². The van der Waals surface area contributed by atoms with Crippen molar-refractivity contribution in [2.75, 3.05) is 38.2 Å². The Morgan fingerprint density at radius 3 is 2.64 bits per heavy atom. The van der Waals surface area contributed by atoms with Crippen LogP contribution in [0.2, 0.25) is 0 Å². The zero-order valence-electron chi connectivity index (χ0n) is 20.1. The second-order valence-corrected chi connectivity index (χ2v) is 9.43. The van der Waals surface area contributed by atoms with Gasteiger partial charge in [0, 0.05) is 43.8 Å². The first kappa shape index (κ1) is 23.5. The van der Waals surface area contributed by atoms with E-state index in [-0.39, 0.29) is 11.8 Å². The number of aromatic nitrogens is 2. The average Bonchev–Trinajstić information content (AvgIpc) is 3.34. The molecule has 1 amide bonds. The van der Waals surface area contributed by atoms with Crippen molar-refractivity contribution in [3.63, 3.8) is 0 Å². The van der Waals surface area contributed by atoms with E-state index in [1.807, 2.05) is 29.2 Å². The first-order chi connectivity index (χ1) is 16.0. The molecule has 0 bridgehead atoms. The van der Waals surface area contributed by atoms with Gasteiger partial charge in [-0.1, -0.05) is 11.6 Å². The summed E-state index contributed by atoms with van der Waals surface area (Å²) in [5.74, 6) is 1.41. The summed E-state index contributed by atoms with van der Waals surface area (Å²) in [6.45, 7) is 7.85. The Morgan fingerprint density at radius 2 is 1.91 bits per heavy atom. The standard InChI is InChI=1S/C25H37N5O3/c1-18-7-4-8-19(2)30(18)16-6-14-26-24(31)21-9-5-15-29(17-21)25-27-23(28-33-25)20-10-12-22(32-3)13-11-20/h10-13,18-19,21H,4-9,14-17H2,1-3H3,(H,26,31)/t18-,19-,21-/m0/s1. The second-order valence-electron chi connectivity index (χ2n) is 9.43. The SMILES string of the molecule is COc1ccc(-c2noc(N3CCC[C@H](C(=O)NCCCN4[C@@H](C)CCC[C@@H]4C)C3)n2)cc1. The number of hydrogen-bond acceptors (Lipinski definition) is 7. The van der Waals surface area contributed by atoms with Crippen LogP contribution in [-0.4, -0.2) is 66.3 Å².